The van der Waals surface area contributed by atoms with Crippen LogP contribution in [0.4, 0.5) is 0 Å². The summed E-state index contributed by atoms with van der Waals surface area (Å²) in [7, 11) is 0. The van der Waals surface area contributed by atoms with Gasteiger partial charge in [0.25, 0.3) is 0 Å². The number of carbonyl (C=O) groups is 2. The van der Waals surface area contributed by atoms with Gasteiger partial charge in [-0.15, -0.1) is 0 Å². The third kappa shape index (κ3) is 4.18. The maximum atomic E-state index is 12.2. The van der Waals surface area contributed by atoms with Gasteiger partial charge in [-0.3, -0.25) is 9.59 Å². The van der Waals surface area contributed by atoms with Crippen molar-refractivity contribution in [3.05, 3.63) is 41.5 Å². The van der Waals surface area contributed by atoms with Gasteiger partial charge >= 0.3 is 5.97 Å². The molecule has 1 aromatic carbocycles. The Morgan fingerprint density at radius 3 is 2.67 bits per heavy atom. The van der Waals surface area contributed by atoms with Crippen LogP contribution < -0.4 is 0 Å². The highest BCUT2D eigenvalue weighted by molar-refractivity contribution is 5.92. The van der Waals surface area contributed by atoms with Gasteiger partial charge in [0.2, 0.25) is 5.91 Å². The molecule has 0 bridgehead atoms. The number of likely N-dealkylation sites (tertiary alicyclic amines) is 1. The van der Waals surface area contributed by atoms with Crippen LogP contribution in [-0.2, 0) is 16.0 Å². The second-order valence-corrected chi connectivity index (χ2v) is 5.35. The maximum absolute atomic E-state index is 12.2. The Kier molecular flexibility index (Phi) is 5.14. The Bertz CT molecular complexity index is 533. The standard InChI is InChI=1S/C17H21NO3/c1-2-13-5-7-14(8-6-13)9-10-16(19)18-11-3-4-15(18)12-17(20)21/h5-10,15H,2-4,11-12H2,1H3,(H,20,21)/b10-9+. The molecule has 2 rings (SSSR count). The predicted molar refractivity (Wildman–Crippen MR) is 81.8 cm³/mol. The van der Waals surface area contributed by atoms with E-state index in [1.54, 1.807) is 17.1 Å². The molecule has 112 valence electrons. The van der Waals surface area contributed by atoms with Crippen LogP contribution in [0, 0.1) is 0 Å². The SMILES string of the molecule is CCc1ccc(/C=C/C(=O)N2CCCC2CC(=O)O)cc1. The van der Waals surface area contributed by atoms with Crippen LogP contribution in [0.3, 0.4) is 0 Å². The van der Waals surface area contributed by atoms with Gasteiger partial charge in [-0.05, 0) is 36.5 Å². The normalized spacial score (nSPS) is 18.3. The number of carboxylic acids is 1. The Morgan fingerprint density at radius 1 is 1.33 bits per heavy atom. The molecule has 1 aliphatic rings. The predicted octanol–water partition coefficient (Wildman–Crippen LogP) is 2.73. The molecule has 4 nitrogen and oxygen atoms in total. The summed E-state index contributed by atoms with van der Waals surface area (Å²) in [5, 5.41) is 8.87. The summed E-state index contributed by atoms with van der Waals surface area (Å²) < 4.78 is 0. The highest BCUT2D eigenvalue weighted by Gasteiger charge is 2.28. The number of rotatable bonds is 5. The molecule has 1 fully saturated rings. The van der Waals surface area contributed by atoms with Gasteiger partial charge in [-0.2, -0.15) is 0 Å². The molecule has 1 atom stereocenters. The lowest BCUT2D eigenvalue weighted by molar-refractivity contribution is -0.139. The monoisotopic (exact) mass is 287 g/mol. The number of amides is 1. The molecule has 21 heavy (non-hydrogen) atoms. The van der Waals surface area contributed by atoms with Gasteiger partial charge in [0, 0.05) is 18.7 Å². The number of aryl methyl sites for hydroxylation is 1. The lowest BCUT2D eigenvalue weighted by atomic mass is 10.1. The van der Waals surface area contributed by atoms with Crippen LogP contribution in [0.2, 0.25) is 0 Å². The zero-order chi connectivity index (χ0) is 15.2. The van der Waals surface area contributed by atoms with E-state index >= 15 is 0 Å². The number of hydrogen-bond donors (Lipinski definition) is 1. The zero-order valence-corrected chi connectivity index (χ0v) is 12.3. The van der Waals surface area contributed by atoms with E-state index in [2.05, 4.69) is 6.92 Å². The van der Waals surface area contributed by atoms with Crippen molar-refractivity contribution in [1.29, 1.82) is 0 Å². The molecule has 1 unspecified atom stereocenters. The second kappa shape index (κ2) is 7.07. The molecule has 0 radical (unpaired) electrons. The van der Waals surface area contributed by atoms with Crippen LogP contribution in [-0.4, -0.2) is 34.5 Å². The fourth-order valence-electron chi connectivity index (χ4n) is 2.67. The van der Waals surface area contributed by atoms with Crippen molar-refractivity contribution in [3.8, 4) is 0 Å². The average Bonchev–Trinajstić information content (AvgIpc) is 2.92. The van der Waals surface area contributed by atoms with Gasteiger partial charge in [0.15, 0.2) is 0 Å². The number of aliphatic carboxylic acids is 1. The van der Waals surface area contributed by atoms with Crippen molar-refractivity contribution in [2.24, 2.45) is 0 Å². The lowest BCUT2D eigenvalue weighted by Gasteiger charge is -2.21. The molecule has 1 amide bonds. The summed E-state index contributed by atoms with van der Waals surface area (Å²) in [6, 6.07) is 7.91. The molecule has 1 aliphatic heterocycles. The molecule has 1 saturated heterocycles. The van der Waals surface area contributed by atoms with Crippen LogP contribution >= 0.6 is 0 Å². The Hall–Kier alpha value is -2.10. The van der Waals surface area contributed by atoms with Crippen molar-refractivity contribution in [1.82, 2.24) is 4.90 Å². The molecule has 1 N–H and O–H groups in total. The largest absolute Gasteiger partial charge is 0.481 e. The topological polar surface area (TPSA) is 57.6 Å². The van der Waals surface area contributed by atoms with E-state index in [4.69, 9.17) is 5.11 Å². The second-order valence-electron chi connectivity index (χ2n) is 5.35. The van der Waals surface area contributed by atoms with Crippen molar-refractivity contribution < 1.29 is 14.7 Å². The smallest absolute Gasteiger partial charge is 0.305 e. The molecule has 0 spiro atoms. The molecule has 1 heterocycles. The van der Waals surface area contributed by atoms with Crippen molar-refractivity contribution in [2.75, 3.05) is 6.54 Å². The lowest BCUT2D eigenvalue weighted by Crippen LogP contribution is -2.35. The number of carboxylic acid groups (broad SMARTS) is 1. The molecular weight excluding hydrogens is 266 g/mol. The van der Waals surface area contributed by atoms with Crippen LogP contribution in [0.5, 0.6) is 0 Å². The Labute approximate surface area is 125 Å². The van der Waals surface area contributed by atoms with E-state index in [0.717, 1.165) is 24.8 Å². The first-order chi connectivity index (χ1) is 10.1. The molecule has 4 heteroatoms. The first-order valence-corrected chi connectivity index (χ1v) is 7.39. The van der Waals surface area contributed by atoms with Crippen molar-refractivity contribution >= 4 is 18.0 Å². The quantitative estimate of drug-likeness (QED) is 0.847. The van der Waals surface area contributed by atoms with Gasteiger partial charge in [-0.1, -0.05) is 31.2 Å². The third-order valence-corrected chi connectivity index (χ3v) is 3.88. The summed E-state index contributed by atoms with van der Waals surface area (Å²) in [5.74, 6) is -0.947. The van der Waals surface area contributed by atoms with Crippen LogP contribution in [0.25, 0.3) is 6.08 Å². The number of hydrogen-bond acceptors (Lipinski definition) is 2. The van der Waals surface area contributed by atoms with Crippen molar-refractivity contribution in [2.45, 2.75) is 38.6 Å². The minimum atomic E-state index is -0.848. The first kappa shape index (κ1) is 15.3. The fraction of sp³-hybridized carbons (Fsp3) is 0.412. The Balaban J connectivity index is 1.99. The number of carbonyl (C=O) groups excluding carboxylic acids is 1. The minimum Gasteiger partial charge on any atom is -0.481 e. The van der Waals surface area contributed by atoms with E-state index in [9.17, 15) is 9.59 Å². The molecule has 0 aromatic heterocycles. The Morgan fingerprint density at radius 2 is 2.05 bits per heavy atom. The van der Waals surface area contributed by atoms with E-state index in [1.807, 2.05) is 24.3 Å². The highest BCUT2D eigenvalue weighted by Crippen LogP contribution is 2.20. The third-order valence-electron chi connectivity index (χ3n) is 3.88. The van der Waals surface area contributed by atoms with E-state index in [0.29, 0.717) is 6.54 Å². The maximum Gasteiger partial charge on any atom is 0.305 e. The summed E-state index contributed by atoms with van der Waals surface area (Å²) >= 11 is 0. The molecule has 1 aromatic rings. The minimum absolute atomic E-state index is 0.0325. The summed E-state index contributed by atoms with van der Waals surface area (Å²) in [5.41, 5.74) is 2.24. The first-order valence-electron chi connectivity index (χ1n) is 7.39. The average molecular weight is 287 g/mol. The van der Waals surface area contributed by atoms with Crippen LogP contribution in [0.15, 0.2) is 30.3 Å². The number of benzene rings is 1. The van der Waals surface area contributed by atoms with Crippen molar-refractivity contribution in [3.63, 3.8) is 0 Å². The molecular formula is C17H21NO3. The molecule has 0 aliphatic carbocycles. The zero-order valence-electron chi connectivity index (χ0n) is 12.3. The van der Waals surface area contributed by atoms with Gasteiger partial charge in [0.05, 0.1) is 6.42 Å². The molecule has 0 saturated carbocycles. The fourth-order valence-corrected chi connectivity index (χ4v) is 2.67. The van der Waals surface area contributed by atoms with E-state index in [1.165, 1.54) is 5.56 Å². The summed E-state index contributed by atoms with van der Waals surface area (Å²) in [6.07, 6.45) is 6.01. The summed E-state index contributed by atoms with van der Waals surface area (Å²) in [4.78, 5) is 24.7. The highest BCUT2D eigenvalue weighted by atomic mass is 16.4. The van der Waals surface area contributed by atoms with E-state index < -0.39 is 5.97 Å². The van der Waals surface area contributed by atoms with E-state index in [-0.39, 0.29) is 18.4 Å². The van der Waals surface area contributed by atoms with Gasteiger partial charge in [0.1, 0.15) is 0 Å². The van der Waals surface area contributed by atoms with Crippen LogP contribution in [0.1, 0.15) is 37.3 Å². The summed E-state index contributed by atoms with van der Waals surface area (Å²) in [6.45, 7) is 2.75. The van der Waals surface area contributed by atoms with Gasteiger partial charge < -0.3 is 10.0 Å². The van der Waals surface area contributed by atoms with Gasteiger partial charge in [-0.25, -0.2) is 0 Å². The number of nitrogens with zero attached hydrogens (tertiary/aromatic N) is 1.